The van der Waals surface area contributed by atoms with Gasteiger partial charge in [-0.05, 0) is 73.8 Å². The van der Waals surface area contributed by atoms with Gasteiger partial charge in [0, 0.05) is 20.2 Å². The van der Waals surface area contributed by atoms with Crippen molar-refractivity contribution in [2.45, 2.75) is 51.9 Å². The fourth-order valence-electron chi connectivity index (χ4n) is 4.18. The van der Waals surface area contributed by atoms with Crippen molar-refractivity contribution in [3.63, 3.8) is 0 Å². The predicted octanol–water partition coefficient (Wildman–Crippen LogP) is 5.87. The second kappa shape index (κ2) is 14.5. The third-order valence-corrected chi connectivity index (χ3v) is 6.28. The molecule has 0 radical (unpaired) electrons. The van der Waals surface area contributed by atoms with Crippen LogP contribution in [0.2, 0.25) is 0 Å². The first-order valence-electron chi connectivity index (χ1n) is 12.5. The van der Waals surface area contributed by atoms with Crippen LogP contribution in [0.25, 0.3) is 0 Å². The van der Waals surface area contributed by atoms with Gasteiger partial charge in [-0.3, -0.25) is 0 Å². The van der Waals surface area contributed by atoms with E-state index in [1.807, 2.05) is 23.1 Å². The van der Waals surface area contributed by atoms with Gasteiger partial charge in [0.2, 0.25) is 0 Å². The molecule has 1 aliphatic rings. The number of rotatable bonds is 13. The van der Waals surface area contributed by atoms with Crippen molar-refractivity contribution in [2.75, 3.05) is 40.2 Å². The number of benzene rings is 2. The molecule has 1 fully saturated rings. The Bertz CT molecular complexity index is 863. The maximum absolute atomic E-state index is 12.1. The van der Waals surface area contributed by atoms with Crippen molar-refractivity contribution in [3.8, 4) is 11.5 Å². The average molecular weight is 470 g/mol. The summed E-state index contributed by atoms with van der Waals surface area (Å²) in [6.45, 7) is 5.12. The minimum absolute atomic E-state index is 0.159. The SMILES string of the molecule is CCCCOC(=O)N1CCC(CCOc2ccccc2CCc2cccc(OCOC)c2)CC1. The second-order valence-corrected chi connectivity index (χ2v) is 8.84. The smallest absolute Gasteiger partial charge is 0.409 e. The number of nitrogens with zero attached hydrogens (tertiary/aromatic N) is 1. The Morgan fingerprint density at radius 1 is 1.00 bits per heavy atom. The lowest BCUT2D eigenvalue weighted by Crippen LogP contribution is -2.39. The van der Waals surface area contributed by atoms with Gasteiger partial charge < -0.3 is 23.8 Å². The van der Waals surface area contributed by atoms with Crippen LogP contribution < -0.4 is 9.47 Å². The monoisotopic (exact) mass is 469 g/mol. The molecule has 2 aromatic carbocycles. The minimum atomic E-state index is -0.159. The highest BCUT2D eigenvalue weighted by atomic mass is 16.7. The molecule has 0 N–H and O–H groups in total. The summed E-state index contributed by atoms with van der Waals surface area (Å²) in [5, 5.41) is 0. The predicted molar refractivity (Wildman–Crippen MR) is 133 cm³/mol. The molecule has 0 bridgehead atoms. The van der Waals surface area contributed by atoms with E-state index in [9.17, 15) is 4.79 Å². The van der Waals surface area contributed by atoms with Crippen molar-refractivity contribution >= 4 is 6.09 Å². The quantitative estimate of drug-likeness (QED) is 0.271. The molecule has 0 saturated carbocycles. The number of amides is 1. The van der Waals surface area contributed by atoms with Gasteiger partial charge in [0.05, 0.1) is 13.2 Å². The number of likely N-dealkylation sites (tertiary alicyclic amines) is 1. The van der Waals surface area contributed by atoms with Crippen LogP contribution in [0.5, 0.6) is 11.5 Å². The summed E-state index contributed by atoms with van der Waals surface area (Å²) in [6.07, 6.45) is 6.65. The summed E-state index contributed by atoms with van der Waals surface area (Å²) in [6, 6.07) is 16.4. The Morgan fingerprint density at radius 3 is 2.62 bits per heavy atom. The molecule has 0 aromatic heterocycles. The topological polar surface area (TPSA) is 57.2 Å². The number of carbonyl (C=O) groups is 1. The first kappa shape index (κ1) is 25.9. The van der Waals surface area contributed by atoms with Gasteiger partial charge >= 0.3 is 6.09 Å². The maximum atomic E-state index is 12.1. The Kier molecular flexibility index (Phi) is 11.0. The van der Waals surface area contributed by atoms with Crippen LogP contribution in [0.3, 0.4) is 0 Å². The van der Waals surface area contributed by atoms with Crippen molar-refractivity contribution < 1.29 is 23.7 Å². The zero-order chi connectivity index (χ0) is 24.0. The number of hydrogen-bond acceptors (Lipinski definition) is 5. The molecule has 3 rings (SSSR count). The molecular weight excluding hydrogens is 430 g/mol. The van der Waals surface area contributed by atoms with Gasteiger partial charge in [0.15, 0.2) is 6.79 Å². The molecule has 0 atom stereocenters. The van der Waals surface area contributed by atoms with E-state index in [0.717, 1.165) is 69.5 Å². The van der Waals surface area contributed by atoms with E-state index in [-0.39, 0.29) is 12.9 Å². The molecule has 0 spiro atoms. The summed E-state index contributed by atoms with van der Waals surface area (Å²) in [4.78, 5) is 14.0. The van der Waals surface area contributed by atoms with Gasteiger partial charge in [-0.25, -0.2) is 4.79 Å². The molecule has 0 aliphatic carbocycles. The number of unbranched alkanes of at least 4 members (excludes halogenated alkanes) is 1. The number of hydrogen-bond donors (Lipinski definition) is 0. The summed E-state index contributed by atoms with van der Waals surface area (Å²) in [5.41, 5.74) is 2.44. The van der Waals surface area contributed by atoms with Gasteiger partial charge in [-0.2, -0.15) is 0 Å². The van der Waals surface area contributed by atoms with Crippen LogP contribution in [0.15, 0.2) is 48.5 Å². The highest BCUT2D eigenvalue weighted by Crippen LogP contribution is 2.24. The van der Waals surface area contributed by atoms with Gasteiger partial charge in [-0.15, -0.1) is 0 Å². The number of aryl methyl sites for hydroxylation is 2. The standard InChI is InChI=1S/C28H39NO5/c1-3-4-19-33-28(30)29-17-14-23(15-18-29)16-20-32-27-11-6-5-9-25(27)13-12-24-8-7-10-26(21-24)34-22-31-2/h5-11,21,23H,3-4,12-20,22H2,1-2H3. The fourth-order valence-corrected chi connectivity index (χ4v) is 4.18. The van der Waals surface area contributed by atoms with E-state index in [1.165, 1.54) is 11.1 Å². The molecular formula is C28H39NO5. The van der Waals surface area contributed by atoms with Crippen LogP contribution in [-0.4, -0.2) is 51.2 Å². The molecule has 1 saturated heterocycles. The number of para-hydroxylation sites is 1. The first-order chi connectivity index (χ1) is 16.7. The van der Waals surface area contributed by atoms with Crippen LogP contribution >= 0.6 is 0 Å². The van der Waals surface area contributed by atoms with Crippen LogP contribution in [0, 0.1) is 5.92 Å². The molecule has 6 nitrogen and oxygen atoms in total. The molecule has 0 unspecified atom stereocenters. The molecule has 1 amide bonds. The number of ether oxygens (including phenoxy) is 4. The summed E-state index contributed by atoms with van der Waals surface area (Å²) >= 11 is 0. The fraction of sp³-hybridized carbons (Fsp3) is 0.536. The maximum Gasteiger partial charge on any atom is 0.409 e. The zero-order valence-electron chi connectivity index (χ0n) is 20.7. The van der Waals surface area contributed by atoms with Crippen molar-refractivity contribution in [3.05, 3.63) is 59.7 Å². The van der Waals surface area contributed by atoms with Crippen molar-refractivity contribution in [2.24, 2.45) is 5.92 Å². The lowest BCUT2D eigenvalue weighted by atomic mass is 9.94. The normalized spacial score (nSPS) is 14.1. The molecule has 2 aromatic rings. The lowest BCUT2D eigenvalue weighted by Gasteiger charge is -2.31. The highest BCUT2D eigenvalue weighted by molar-refractivity contribution is 5.67. The largest absolute Gasteiger partial charge is 0.493 e. The Morgan fingerprint density at radius 2 is 1.82 bits per heavy atom. The van der Waals surface area contributed by atoms with Crippen LogP contribution in [0.1, 0.15) is 50.2 Å². The number of carbonyl (C=O) groups excluding carboxylic acids is 1. The van der Waals surface area contributed by atoms with Crippen molar-refractivity contribution in [1.82, 2.24) is 4.90 Å². The number of methoxy groups -OCH3 is 1. The minimum Gasteiger partial charge on any atom is -0.493 e. The molecule has 34 heavy (non-hydrogen) atoms. The Hall–Kier alpha value is -2.73. The van der Waals surface area contributed by atoms with Gasteiger partial charge in [0.25, 0.3) is 0 Å². The summed E-state index contributed by atoms with van der Waals surface area (Å²) < 4.78 is 22.1. The highest BCUT2D eigenvalue weighted by Gasteiger charge is 2.23. The molecule has 186 valence electrons. The Labute approximate surface area is 204 Å². The van der Waals surface area contributed by atoms with Crippen LogP contribution in [-0.2, 0) is 22.3 Å². The molecule has 1 heterocycles. The van der Waals surface area contributed by atoms with E-state index < -0.39 is 0 Å². The van der Waals surface area contributed by atoms with E-state index in [4.69, 9.17) is 18.9 Å². The average Bonchev–Trinajstić information content (AvgIpc) is 2.87. The van der Waals surface area contributed by atoms with Gasteiger partial charge in [-0.1, -0.05) is 43.7 Å². The molecule has 6 heteroatoms. The third kappa shape index (κ3) is 8.56. The van der Waals surface area contributed by atoms with E-state index in [0.29, 0.717) is 19.1 Å². The van der Waals surface area contributed by atoms with Crippen LogP contribution in [0.4, 0.5) is 4.79 Å². The molecule has 1 aliphatic heterocycles. The zero-order valence-corrected chi connectivity index (χ0v) is 20.7. The first-order valence-corrected chi connectivity index (χ1v) is 12.5. The third-order valence-electron chi connectivity index (χ3n) is 6.28. The van der Waals surface area contributed by atoms with E-state index in [2.05, 4.69) is 37.3 Å². The van der Waals surface area contributed by atoms with E-state index in [1.54, 1.807) is 7.11 Å². The Balaban J connectivity index is 1.41. The second-order valence-electron chi connectivity index (χ2n) is 8.84. The van der Waals surface area contributed by atoms with Gasteiger partial charge in [0.1, 0.15) is 11.5 Å². The lowest BCUT2D eigenvalue weighted by molar-refractivity contribution is 0.0511. The van der Waals surface area contributed by atoms with Crippen molar-refractivity contribution in [1.29, 1.82) is 0 Å². The number of piperidine rings is 1. The van der Waals surface area contributed by atoms with E-state index >= 15 is 0 Å². The summed E-state index contributed by atoms with van der Waals surface area (Å²) in [7, 11) is 1.62. The summed E-state index contributed by atoms with van der Waals surface area (Å²) in [5.74, 6) is 2.37.